The van der Waals surface area contributed by atoms with E-state index >= 15 is 0 Å². The first-order chi connectivity index (χ1) is 12.1. The Labute approximate surface area is 151 Å². The van der Waals surface area contributed by atoms with E-state index in [4.69, 9.17) is 5.11 Å². The molecule has 3 unspecified atom stereocenters. The first-order valence-corrected chi connectivity index (χ1v) is 10.1. The Morgan fingerprint density at radius 3 is 2.28 bits per heavy atom. The van der Waals surface area contributed by atoms with Crippen LogP contribution in [0.4, 0.5) is 0 Å². The highest BCUT2D eigenvalue weighted by Crippen LogP contribution is 2.60. The number of rotatable bonds is 5. The van der Waals surface area contributed by atoms with Crippen molar-refractivity contribution in [1.29, 1.82) is 0 Å². The highest BCUT2D eigenvalue weighted by Gasteiger charge is 2.65. The summed E-state index contributed by atoms with van der Waals surface area (Å²) >= 11 is 0. The summed E-state index contributed by atoms with van der Waals surface area (Å²) in [6.45, 7) is 7.66. The van der Waals surface area contributed by atoms with Crippen molar-refractivity contribution in [3.63, 3.8) is 0 Å². The Balaban J connectivity index is 0.000000192. The number of fused-ring (bicyclic) bond motifs is 2. The number of carboxylic acids is 1. The van der Waals surface area contributed by atoms with Crippen LogP contribution in [0.25, 0.3) is 0 Å². The molecule has 2 N–H and O–H groups in total. The molecule has 3 fully saturated rings. The minimum absolute atomic E-state index is 0.103. The predicted molar refractivity (Wildman–Crippen MR) is 98.5 cm³/mol. The summed E-state index contributed by atoms with van der Waals surface area (Å²) in [7, 11) is 0. The maximum Gasteiger partial charge on any atom is 0.325 e. The molecule has 0 amide bonds. The Kier molecular flexibility index (Phi) is 5.86. The molecular weight excluding hydrogens is 316 g/mol. The minimum Gasteiger partial charge on any atom is -0.480 e. The molecule has 0 radical (unpaired) electrons. The zero-order valence-electron chi connectivity index (χ0n) is 15.6. The zero-order valence-corrected chi connectivity index (χ0v) is 15.6. The molecule has 5 heteroatoms. The van der Waals surface area contributed by atoms with Crippen LogP contribution in [-0.2, 0) is 4.79 Å². The fourth-order valence-corrected chi connectivity index (χ4v) is 5.63. The first-order valence-electron chi connectivity index (χ1n) is 10.1. The number of aliphatic hydroxyl groups is 1. The van der Waals surface area contributed by atoms with E-state index in [0.29, 0.717) is 12.5 Å². The standard InChI is InChI=1S/C14H21NO2.C6H13NO/c1-2-13-6-5-11(9-13)10-14(13,12(16)17)15-7-3-4-8-15;8-6-5-7-3-1-2-4-7/h5-6,11H,2-4,7-10H2,1H3,(H,16,17);8H,1-6H2. The first kappa shape index (κ1) is 18.9. The van der Waals surface area contributed by atoms with E-state index in [-0.39, 0.29) is 5.41 Å². The molecule has 0 aromatic heterocycles. The third-order valence-electron chi connectivity index (χ3n) is 6.94. The van der Waals surface area contributed by atoms with Crippen molar-refractivity contribution in [2.24, 2.45) is 11.3 Å². The summed E-state index contributed by atoms with van der Waals surface area (Å²) in [5.74, 6) is -0.0975. The number of likely N-dealkylation sites (tertiary alicyclic amines) is 2. The van der Waals surface area contributed by atoms with Gasteiger partial charge >= 0.3 is 5.97 Å². The lowest BCUT2D eigenvalue weighted by Crippen LogP contribution is -2.61. The van der Waals surface area contributed by atoms with Gasteiger partial charge in [-0.25, -0.2) is 0 Å². The SMILES string of the molecule is CCC12C=CC(C1)CC2(C(=O)O)N1CCCC1.OCCN1CCCC1. The molecule has 2 bridgehead atoms. The number of aliphatic carboxylic acids is 1. The van der Waals surface area contributed by atoms with E-state index in [1.165, 1.54) is 25.9 Å². The molecule has 142 valence electrons. The van der Waals surface area contributed by atoms with E-state index in [1.807, 2.05) is 0 Å². The maximum absolute atomic E-state index is 12.0. The molecule has 2 saturated heterocycles. The summed E-state index contributed by atoms with van der Waals surface area (Å²) in [6, 6.07) is 0. The zero-order chi connectivity index (χ0) is 17.9. The maximum atomic E-state index is 12.0. The normalized spacial score (nSPS) is 37.4. The van der Waals surface area contributed by atoms with Crippen LogP contribution in [0.1, 0.15) is 51.9 Å². The van der Waals surface area contributed by atoms with Crippen molar-refractivity contribution in [2.75, 3.05) is 39.3 Å². The van der Waals surface area contributed by atoms with Gasteiger partial charge in [-0.3, -0.25) is 9.69 Å². The van der Waals surface area contributed by atoms with Crippen molar-refractivity contribution in [3.05, 3.63) is 12.2 Å². The monoisotopic (exact) mass is 350 g/mol. The molecule has 3 atom stereocenters. The number of hydrogen-bond donors (Lipinski definition) is 2. The van der Waals surface area contributed by atoms with Crippen molar-refractivity contribution in [2.45, 2.75) is 57.4 Å². The van der Waals surface area contributed by atoms with Crippen LogP contribution >= 0.6 is 0 Å². The second-order valence-electron chi connectivity index (χ2n) is 8.17. The average molecular weight is 351 g/mol. The smallest absolute Gasteiger partial charge is 0.325 e. The number of β-amino-alcohol motifs (C(OH)–C–C–N with tert-alkyl or cyclic N) is 1. The number of aliphatic hydroxyl groups excluding tert-OH is 1. The van der Waals surface area contributed by atoms with Gasteiger partial charge in [-0.2, -0.15) is 0 Å². The quantitative estimate of drug-likeness (QED) is 0.745. The predicted octanol–water partition coefficient (Wildman–Crippen LogP) is 2.36. The summed E-state index contributed by atoms with van der Waals surface area (Å²) in [6.07, 6.45) is 12.2. The van der Waals surface area contributed by atoms with Gasteiger partial charge in [0.05, 0.1) is 6.61 Å². The highest BCUT2D eigenvalue weighted by atomic mass is 16.4. The van der Waals surface area contributed by atoms with Gasteiger partial charge in [-0.1, -0.05) is 19.1 Å². The number of carboxylic acid groups (broad SMARTS) is 1. The molecule has 4 rings (SSSR count). The number of nitrogens with zero attached hydrogens (tertiary/aromatic N) is 2. The van der Waals surface area contributed by atoms with Crippen LogP contribution in [0.2, 0.25) is 0 Å². The summed E-state index contributed by atoms with van der Waals surface area (Å²) in [5.41, 5.74) is -0.703. The molecule has 1 saturated carbocycles. The van der Waals surface area contributed by atoms with Gasteiger partial charge in [-0.15, -0.1) is 0 Å². The molecule has 0 aromatic rings. The van der Waals surface area contributed by atoms with Crippen LogP contribution in [0.5, 0.6) is 0 Å². The van der Waals surface area contributed by atoms with E-state index < -0.39 is 11.5 Å². The van der Waals surface area contributed by atoms with Crippen molar-refractivity contribution in [1.82, 2.24) is 9.80 Å². The van der Waals surface area contributed by atoms with Crippen LogP contribution in [0, 0.1) is 11.3 Å². The van der Waals surface area contributed by atoms with Crippen molar-refractivity contribution in [3.8, 4) is 0 Å². The summed E-state index contributed by atoms with van der Waals surface area (Å²) < 4.78 is 0. The van der Waals surface area contributed by atoms with Gasteiger partial charge in [-0.05, 0) is 77.0 Å². The third-order valence-corrected chi connectivity index (χ3v) is 6.94. The molecule has 2 aliphatic heterocycles. The van der Waals surface area contributed by atoms with Gasteiger partial charge in [0.2, 0.25) is 0 Å². The van der Waals surface area contributed by atoms with Crippen LogP contribution in [-0.4, -0.2) is 70.9 Å². The summed E-state index contributed by atoms with van der Waals surface area (Å²) in [5, 5.41) is 18.4. The lowest BCUT2D eigenvalue weighted by Gasteiger charge is -2.47. The highest BCUT2D eigenvalue weighted by molar-refractivity contribution is 5.82. The largest absolute Gasteiger partial charge is 0.480 e. The lowest BCUT2D eigenvalue weighted by atomic mass is 9.68. The lowest BCUT2D eigenvalue weighted by molar-refractivity contribution is -0.157. The Morgan fingerprint density at radius 2 is 1.76 bits per heavy atom. The number of carbonyl (C=O) groups is 1. The molecule has 25 heavy (non-hydrogen) atoms. The third kappa shape index (κ3) is 3.26. The molecule has 5 nitrogen and oxygen atoms in total. The van der Waals surface area contributed by atoms with Crippen molar-refractivity contribution < 1.29 is 15.0 Å². The van der Waals surface area contributed by atoms with E-state index in [2.05, 4.69) is 28.9 Å². The van der Waals surface area contributed by atoms with E-state index in [9.17, 15) is 9.90 Å². The minimum atomic E-state index is -0.600. The molecule has 0 aromatic carbocycles. The van der Waals surface area contributed by atoms with E-state index in [1.54, 1.807) is 0 Å². The number of hydrogen-bond acceptors (Lipinski definition) is 4. The van der Waals surface area contributed by atoms with Gasteiger partial charge in [0, 0.05) is 12.0 Å². The van der Waals surface area contributed by atoms with Crippen molar-refractivity contribution >= 4 is 5.97 Å². The summed E-state index contributed by atoms with van der Waals surface area (Å²) in [4.78, 5) is 16.5. The van der Waals surface area contributed by atoms with Gasteiger partial charge < -0.3 is 15.1 Å². The molecule has 4 aliphatic rings. The Morgan fingerprint density at radius 1 is 1.12 bits per heavy atom. The van der Waals surface area contributed by atoms with Gasteiger partial charge in [0.15, 0.2) is 0 Å². The topological polar surface area (TPSA) is 64.0 Å². The van der Waals surface area contributed by atoms with Gasteiger partial charge in [0.25, 0.3) is 0 Å². The van der Waals surface area contributed by atoms with Crippen LogP contribution in [0.15, 0.2) is 12.2 Å². The molecular formula is C20H34N2O3. The molecule has 0 spiro atoms. The Hall–Kier alpha value is -0.910. The second kappa shape index (κ2) is 7.77. The second-order valence-corrected chi connectivity index (χ2v) is 8.17. The molecule has 2 heterocycles. The fourth-order valence-electron chi connectivity index (χ4n) is 5.63. The average Bonchev–Trinajstić information content (AvgIpc) is 3.38. The van der Waals surface area contributed by atoms with Crippen LogP contribution in [0.3, 0.4) is 0 Å². The fraction of sp³-hybridized carbons (Fsp3) is 0.850. The Bertz CT molecular complexity index is 497. The molecule has 2 aliphatic carbocycles. The van der Waals surface area contributed by atoms with E-state index in [0.717, 1.165) is 51.7 Å². The number of allylic oxidation sites excluding steroid dienone is 1. The van der Waals surface area contributed by atoms with Gasteiger partial charge in [0.1, 0.15) is 5.54 Å². The van der Waals surface area contributed by atoms with Crippen LogP contribution < -0.4 is 0 Å².